The summed E-state index contributed by atoms with van der Waals surface area (Å²) in [5.41, 5.74) is 2.81. The molecule has 1 aliphatic carbocycles. The van der Waals surface area contributed by atoms with Crippen molar-refractivity contribution in [3.63, 3.8) is 0 Å². The van der Waals surface area contributed by atoms with Gasteiger partial charge in [-0.3, -0.25) is 5.10 Å². The molecule has 0 saturated carbocycles. The molecule has 2 heterocycles. The largest absolute Gasteiger partial charge is 0.313 e. The van der Waals surface area contributed by atoms with Crippen LogP contribution < -0.4 is 5.32 Å². The molecule has 3 rings (SSSR count). The van der Waals surface area contributed by atoms with Gasteiger partial charge in [0, 0.05) is 11.7 Å². The van der Waals surface area contributed by atoms with E-state index in [-0.39, 0.29) is 0 Å². The van der Waals surface area contributed by atoms with Gasteiger partial charge in [-0.2, -0.15) is 5.10 Å². The molecule has 0 bridgehead atoms. The van der Waals surface area contributed by atoms with Crippen LogP contribution in [0.1, 0.15) is 24.1 Å². The van der Waals surface area contributed by atoms with Crippen LogP contribution in [0.2, 0.25) is 0 Å². The second kappa shape index (κ2) is 2.84. The number of fused-ring (bicyclic) bond motifs is 2. The van der Waals surface area contributed by atoms with Crippen LogP contribution in [0.3, 0.4) is 0 Å². The fourth-order valence-electron chi connectivity index (χ4n) is 2.69. The van der Waals surface area contributed by atoms with Gasteiger partial charge in [-0.1, -0.05) is 0 Å². The summed E-state index contributed by atoms with van der Waals surface area (Å²) in [4.78, 5) is 0. The lowest BCUT2D eigenvalue weighted by molar-refractivity contribution is 0.262. The molecule has 0 radical (unpaired) electrons. The Labute approximate surface area is 77.9 Å². The first-order valence-corrected chi connectivity index (χ1v) is 5.18. The normalized spacial score (nSPS) is 32.3. The molecule has 1 unspecified atom stereocenters. The first-order chi connectivity index (χ1) is 6.43. The van der Waals surface area contributed by atoms with Gasteiger partial charge in [-0.05, 0) is 43.7 Å². The number of nitrogens with one attached hydrogen (secondary N) is 2. The molecule has 3 heteroatoms. The maximum atomic E-state index is 4.11. The van der Waals surface area contributed by atoms with E-state index >= 15 is 0 Å². The average molecular weight is 177 g/mol. The number of nitrogens with zero attached hydrogens (tertiary/aromatic N) is 1. The Kier molecular flexibility index (Phi) is 1.65. The molecule has 1 fully saturated rings. The van der Waals surface area contributed by atoms with Crippen molar-refractivity contribution in [1.82, 2.24) is 15.5 Å². The van der Waals surface area contributed by atoms with Gasteiger partial charge in [0.05, 0.1) is 6.20 Å². The third-order valence-electron chi connectivity index (χ3n) is 3.44. The second-order valence-electron chi connectivity index (χ2n) is 4.24. The monoisotopic (exact) mass is 177 g/mol. The van der Waals surface area contributed by atoms with Crippen molar-refractivity contribution in [3.8, 4) is 0 Å². The van der Waals surface area contributed by atoms with E-state index in [4.69, 9.17) is 0 Å². The molecular weight excluding hydrogens is 162 g/mol. The smallest absolute Gasteiger partial charge is 0.0522 e. The number of hydrogen-bond acceptors (Lipinski definition) is 2. The minimum Gasteiger partial charge on any atom is -0.313 e. The molecule has 2 aliphatic rings. The number of rotatable bonds is 0. The molecule has 0 amide bonds. The van der Waals surface area contributed by atoms with E-state index in [0.29, 0.717) is 0 Å². The summed E-state index contributed by atoms with van der Waals surface area (Å²) in [6, 6.07) is 0.721. The van der Waals surface area contributed by atoms with E-state index in [2.05, 4.69) is 15.5 Å². The first-order valence-electron chi connectivity index (χ1n) is 5.18. The van der Waals surface area contributed by atoms with Crippen molar-refractivity contribution < 1.29 is 0 Å². The Hall–Kier alpha value is -0.830. The van der Waals surface area contributed by atoms with E-state index < -0.39 is 0 Å². The van der Waals surface area contributed by atoms with Crippen LogP contribution in [-0.2, 0) is 12.8 Å². The highest BCUT2D eigenvalue weighted by molar-refractivity contribution is 5.22. The fourth-order valence-corrected chi connectivity index (χ4v) is 2.69. The SMILES string of the molecule is c1n[nH]c2c1CC1NCCC[C@@H]1C2. The minimum atomic E-state index is 0.721. The number of aromatic amines is 1. The molecule has 2 N–H and O–H groups in total. The van der Waals surface area contributed by atoms with Crippen LogP contribution in [-0.4, -0.2) is 22.8 Å². The third kappa shape index (κ3) is 1.18. The first kappa shape index (κ1) is 7.56. The molecule has 2 atom stereocenters. The van der Waals surface area contributed by atoms with Gasteiger partial charge in [0.1, 0.15) is 0 Å². The Morgan fingerprint density at radius 1 is 1.38 bits per heavy atom. The highest BCUT2D eigenvalue weighted by Crippen LogP contribution is 2.29. The van der Waals surface area contributed by atoms with Gasteiger partial charge in [-0.15, -0.1) is 0 Å². The van der Waals surface area contributed by atoms with Crippen molar-refractivity contribution in [1.29, 1.82) is 0 Å². The molecule has 1 aromatic rings. The van der Waals surface area contributed by atoms with Crippen LogP contribution >= 0.6 is 0 Å². The number of aromatic nitrogens is 2. The molecule has 70 valence electrons. The van der Waals surface area contributed by atoms with Gasteiger partial charge >= 0.3 is 0 Å². The van der Waals surface area contributed by atoms with Crippen LogP contribution in [0.25, 0.3) is 0 Å². The highest BCUT2D eigenvalue weighted by atomic mass is 15.1. The fraction of sp³-hybridized carbons (Fsp3) is 0.700. The van der Waals surface area contributed by atoms with Crippen LogP contribution in [0.15, 0.2) is 6.20 Å². The molecule has 0 spiro atoms. The van der Waals surface area contributed by atoms with Gasteiger partial charge in [0.25, 0.3) is 0 Å². The standard InChI is InChI=1S/C10H15N3/c1-2-7-4-10-8(6-12-13-10)5-9(7)11-3-1/h6-7,9,11H,1-5H2,(H,12,13)/t7-,9?/m1/s1. The van der Waals surface area contributed by atoms with Crippen molar-refractivity contribution in [2.75, 3.05) is 6.54 Å². The predicted octanol–water partition coefficient (Wildman–Crippen LogP) is 0.876. The maximum absolute atomic E-state index is 4.11. The summed E-state index contributed by atoms with van der Waals surface area (Å²) in [5.74, 6) is 0.849. The molecule has 13 heavy (non-hydrogen) atoms. The zero-order valence-corrected chi connectivity index (χ0v) is 7.71. The number of piperidine rings is 1. The third-order valence-corrected chi connectivity index (χ3v) is 3.44. The van der Waals surface area contributed by atoms with Gasteiger partial charge in [-0.25, -0.2) is 0 Å². The molecule has 0 aromatic carbocycles. The van der Waals surface area contributed by atoms with E-state index in [1.807, 2.05) is 6.20 Å². The summed E-state index contributed by atoms with van der Waals surface area (Å²) < 4.78 is 0. The Morgan fingerprint density at radius 3 is 3.38 bits per heavy atom. The lowest BCUT2D eigenvalue weighted by Crippen LogP contribution is -2.45. The van der Waals surface area contributed by atoms with Gasteiger partial charge in [0.2, 0.25) is 0 Å². The van der Waals surface area contributed by atoms with Crippen LogP contribution in [0.4, 0.5) is 0 Å². The van der Waals surface area contributed by atoms with E-state index in [1.54, 1.807) is 0 Å². The summed E-state index contributed by atoms with van der Waals surface area (Å²) in [6.45, 7) is 1.20. The molecular formula is C10H15N3. The Balaban J connectivity index is 1.89. The summed E-state index contributed by atoms with van der Waals surface area (Å²) in [6.07, 6.45) is 7.09. The van der Waals surface area contributed by atoms with Gasteiger partial charge < -0.3 is 5.32 Å². The quantitative estimate of drug-likeness (QED) is 0.617. The van der Waals surface area contributed by atoms with Gasteiger partial charge in [0.15, 0.2) is 0 Å². The van der Waals surface area contributed by atoms with Crippen LogP contribution in [0, 0.1) is 5.92 Å². The number of hydrogen-bond donors (Lipinski definition) is 2. The zero-order chi connectivity index (χ0) is 8.67. The Bertz CT molecular complexity index is 276. The predicted molar refractivity (Wildman–Crippen MR) is 50.5 cm³/mol. The topological polar surface area (TPSA) is 40.7 Å². The van der Waals surface area contributed by atoms with Crippen molar-refractivity contribution in [2.24, 2.45) is 5.92 Å². The number of H-pyrrole nitrogens is 1. The summed E-state index contributed by atoms with van der Waals surface area (Å²) in [7, 11) is 0. The average Bonchev–Trinajstić information content (AvgIpc) is 2.61. The van der Waals surface area contributed by atoms with Crippen molar-refractivity contribution >= 4 is 0 Å². The lowest BCUT2D eigenvalue weighted by Gasteiger charge is -2.35. The van der Waals surface area contributed by atoms with Crippen molar-refractivity contribution in [3.05, 3.63) is 17.5 Å². The molecule has 1 aliphatic heterocycles. The van der Waals surface area contributed by atoms with E-state index in [1.165, 1.54) is 43.5 Å². The lowest BCUT2D eigenvalue weighted by atomic mass is 9.79. The Morgan fingerprint density at radius 2 is 2.38 bits per heavy atom. The minimum absolute atomic E-state index is 0.721. The zero-order valence-electron chi connectivity index (χ0n) is 7.71. The molecule has 1 aromatic heterocycles. The molecule has 3 nitrogen and oxygen atoms in total. The maximum Gasteiger partial charge on any atom is 0.0522 e. The van der Waals surface area contributed by atoms with Crippen LogP contribution in [0.5, 0.6) is 0 Å². The summed E-state index contributed by atoms with van der Waals surface area (Å²) >= 11 is 0. The highest BCUT2D eigenvalue weighted by Gasteiger charge is 2.30. The van der Waals surface area contributed by atoms with E-state index in [9.17, 15) is 0 Å². The molecule has 1 saturated heterocycles. The second-order valence-corrected chi connectivity index (χ2v) is 4.24. The van der Waals surface area contributed by atoms with Crippen molar-refractivity contribution in [2.45, 2.75) is 31.7 Å². The summed E-state index contributed by atoms with van der Waals surface area (Å²) in [5, 5.41) is 10.8. The van der Waals surface area contributed by atoms with E-state index in [0.717, 1.165) is 12.0 Å².